The average Bonchev–Trinajstić information content (AvgIpc) is 2.44. The molecule has 0 atom stereocenters. The molecule has 0 aliphatic carbocycles. The SMILES string of the molecule is Cl.Nc1cccc(C=CC=Cc2ccc([N+](=O)[O-])cc2)c1. The van der Waals surface area contributed by atoms with Crippen molar-refractivity contribution in [2.75, 3.05) is 5.73 Å². The van der Waals surface area contributed by atoms with Crippen molar-refractivity contribution in [2.45, 2.75) is 0 Å². The Morgan fingerprint density at radius 3 is 2.14 bits per heavy atom. The van der Waals surface area contributed by atoms with Gasteiger partial charge in [-0.05, 0) is 35.4 Å². The van der Waals surface area contributed by atoms with Crippen LogP contribution in [0.1, 0.15) is 11.1 Å². The molecule has 21 heavy (non-hydrogen) atoms. The second-order valence-corrected chi connectivity index (χ2v) is 4.24. The number of hydrogen-bond donors (Lipinski definition) is 1. The highest BCUT2D eigenvalue weighted by atomic mass is 35.5. The highest BCUT2D eigenvalue weighted by Gasteiger charge is 2.01. The molecule has 2 N–H and O–H groups in total. The Labute approximate surface area is 129 Å². The lowest BCUT2D eigenvalue weighted by atomic mass is 10.1. The summed E-state index contributed by atoms with van der Waals surface area (Å²) < 4.78 is 0. The minimum absolute atomic E-state index is 0. The van der Waals surface area contributed by atoms with Crippen LogP contribution < -0.4 is 5.73 Å². The predicted octanol–water partition coefficient (Wildman–Crippen LogP) is 4.33. The molecular formula is C16H15ClN2O2. The van der Waals surface area contributed by atoms with Crippen molar-refractivity contribution in [2.24, 2.45) is 0 Å². The Hall–Kier alpha value is -2.59. The summed E-state index contributed by atoms with van der Waals surface area (Å²) in [5, 5.41) is 10.5. The molecule has 0 unspecified atom stereocenters. The van der Waals surface area contributed by atoms with Gasteiger partial charge in [0, 0.05) is 17.8 Å². The fourth-order valence-corrected chi connectivity index (χ4v) is 1.70. The van der Waals surface area contributed by atoms with E-state index in [-0.39, 0.29) is 18.1 Å². The van der Waals surface area contributed by atoms with Crippen LogP contribution in [-0.2, 0) is 0 Å². The number of nitrogens with two attached hydrogens (primary N) is 1. The van der Waals surface area contributed by atoms with Crippen LogP contribution >= 0.6 is 12.4 Å². The fourth-order valence-electron chi connectivity index (χ4n) is 1.70. The number of nitro groups is 1. The van der Waals surface area contributed by atoms with Crippen LogP contribution in [0.25, 0.3) is 12.2 Å². The van der Waals surface area contributed by atoms with Crippen molar-refractivity contribution in [3.63, 3.8) is 0 Å². The average molecular weight is 303 g/mol. The first-order chi connectivity index (χ1) is 9.65. The Kier molecular flexibility index (Phi) is 6.17. The van der Waals surface area contributed by atoms with E-state index in [0.717, 1.165) is 16.8 Å². The highest BCUT2D eigenvalue weighted by molar-refractivity contribution is 5.85. The van der Waals surface area contributed by atoms with Gasteiger partial charge in [0.25, 0.3) is 5.69 Å². The minimum atomic E-state index is -0.410. The number of halogens is 1. The van der Waals surface area contributed by atoms with Gasteiger partial charge in [-0.3, -0.25) is 10.1 Å². The molecule has 0 aliphatic heterocycles. The maximum Gasteiger partial charge on any atom is 0.269 e. The molecule has 0 spiro atoms. The number of nitrogen functional groups attached to an aromatic ring is 1. The summed E-state index contributed by atoms with van der Waals surface area (Å²) in [6.07, 6.45) is 7.60. The number of benzene rings is 2. The molecule has 0 aromatic heterocycles. The van der Waals surface area contributed by atoms with Crippen molar-refractivity contribution in [1.82, 2.24) is 0 Å². The molecule has 5 heteroatoms. The first-order valence-electron chi connectivity index (χ1n) is 6.10. The maximum absolute atomic E-state index is 10.5. The van der Waals surface area contributed by atoms with E-state index in [1.54, 1.807) is 12.1 Å². The third kappa shape index (κ3) is 5.12. The van der Waals surface area contributed by atoms with Gasteiger partial charge < -0.3 is 5.73 Å². The van der Waals surface area contributed by atoms with E-state index in [2.05, 4.69) is 0 Å². The first-order valence-corrected chi connectivity index (χ1v) is 6.10. The van der Waals surface area contributed by atoms with Crippen molar-refractivity contribution < 1.29 is 4.92 Å². The van der Waals surface area contributed by atoms with E-state index in [9.17, 15) is 10.1 Å². The molecular weight excluding hydrogens is 288 g/mol. The quantitative estimate of drug-likeness (QED) is 0.395. The normalized spacial score (nSPS) is 10.7. The van der Waals surface area contributed by atoms with Gasteiger partial charge in [0.1, 0.15) is 0 Å². The molecule has 0 fully saturated rings. The molecule has 2 rings (SSSR count). The van der Waals surface area contributed by atoms with E-state index >= 15 is 0 Å². The molecule has 0 amide bonds. The molecule has 0 heterocycles. The predicted molar refractivity (Wildman–Crippen MR) is 89.3 cm³/mol. The summed E-state index contributed by atoms with van der Waals surface area (Å²) >= 11 is 0. The molecule has 0 saturated heterocycles. The van der Waals surface area contributed by atoms with E-state index in [1.807, 2.05) is 48.6 Å². The molecule has 2 aromatic carbocycles. The van der Waals surface area contributed by atoms with Crippen LogP contribution in [0.3, 0.4) is 0 Å². The van der Waals surface area contributed by atoms with Gasteiger partial charge in [-0.25, -0.2) is 0 Å². The lowest BCUT2D eigenvalue weighted by Crippen LogP contribution is -1.86. The van der Waals surface area contributed by atoms with Gasteiger partial charge in [0.05, 0.1) is 4.92 Å². The van der Waals surface area contributed by atoms with Crippen LogP contribution in [0.4, 0.5) is 11.4 Å². The van der Waals surface area contributed by atoms with Crippen molar-refractivity contribution in [1.29, 1.82) is 0 Å². The van der Waals surface area contributed by atoms with Crippen LogP contribution in [0.2, 0.25) is 0 Å². The zero-order valence-electron chi connectivity index (χ0n) is 11.2. The maximum atomic E-state index is 10.5. The number of non-ortho nitro benzene ring substituents is 1. The van der Waals surface area contributed by atoms with E-state index in [0.29, 0.717) is 0 Å². The topological polar surface area (TPSA) is 69.2 Å². The molecule has 2 aromatic rings. The smallest absolute Gasteiger partial charge is 0.269 e. The number of anilines is 1. The van der Waals surface area contributed by atoms with E-state index < -0.39 is 4.92 Å². The molecule has 0 aliphatic rings. The van der Waals surface area contributed by atoms with Crippen LogP contribution in [0.15, 0.2) is 60.7 Å². The van der Waals surface area contributed by atoms with E-state index in [4.69, 9.17) is 5.73 Å². The summed E-state index contributed by atoms with van der Waals surface area (Å²) in [4.78, 5) is 10.1. The zero-order chi connectivity index (χ0) is 14.4. The monoisotopic (exact) mass is 302 g/mol. The molecule has 0 radical (unpaired) electrons. The number of nitrogens with zero attached hydrogens (tertiary/aromatic N) is 1. The zero-order valence-corrected chi connectivity index (χ0v) is 12.0. The van der Waals surface area contributed by atoms with Gasteiger partial charge in [0.15, 0.2) is 0 Å². The molecule has 108 valence electrons. The van der Waals surface area contributed by atoms with Gasteiger partial charge in [-0.1, -0.05) is 36.4 Å². The second-order valence-electron chi connectivity index (χ2n) is 4.24. The number of hydrogen-bond acceptors (Lipinski definition) is 3. The summed E-state index contributed by atoms with van der Waals surface area (Å²) in [5.74, 6) is 0. The summed E-state index contributed by atoms with van der Waals surface area (Å²) in [6.45, 7) is 0. The van der Waals surface area contributed by atoms with Gasteiger partial charge in [0.2, 0.25) is 0 Å². The lowest BCUT2D eigenvalue weighted by Gasteiger charge is -1.94. The van der Waals surface area contributed by atoms with Crippen LogP contribution in [0, 0.1) is 10.1 Å². The fraction of sp³-hybridized carbons (Fsp3) is 0. The largest absolute Gasteiger partial charge is 0.399 e. The Balaban J connectivity index is 0.00000220. The molecule has 4 nitrogen and oxygen atoms in total. The van der Waals surface area contributed by atoms with Crippen molar-refractivity contribution >= 4 is 35.9 Å². The number of allylic oxidation sites excluding steroid dienone is 2. The van der Waals surface area contributed by atoms with Crippen LogP contribution in [0.5, 0.6) is 0 Å². The van der Waals surface area contributed by atoms with Gasteiger partial charge >= 0.3 is 0 Å². The first kappa shape index (κ1) is 16.5. The third-order valence-electron chi connectivity index (χ3n) is 2.70. The Morgan fingerprint density at radius 2 is 1.57 bits per heavy atom. The van der Waals surface area contributed by atoms with Gasteiger partial charge in [-0.2, -0.15) is 0 Å². The lowest BCUT2D eigenvalue weighted by molar-refractivity contribution is -0.384. The molecule has 0 saturated carbocycles. The summed E-state index contributed by atoms with van der Waals surface area (Å²) in [7, 11) is 0. The standard InChI is InChI=1S/C16H14N2O2.ClH/c17-15-7-3-6-14(12-15)5-2-1-4-13-8-10-16(11-9-13)18(19)20;/h1-12H,17H2;1H. The molecule has 0 bridgehead atoms. The highest BCUT2D eigenvalue weighted by Crippen LogP contribution is 2.13. The van der Waals surface area contributed by atoms with Gasteiger partial charge in [-0.15, -0.1) is 12.4 Å². The minimum Gasteiger partial charge on any atom is -0.399 e. The Morgan fingerprint density at radius 1 is 0.952 bits per heavy atom. The second kappa shape index (κ2) is 7.87. The van der Waals surface area contributed by atoms with E-state index in [1.165, 1.54) is 12.1 Å². The third-order valence-corrected chi connectivity index (χ3v) is 2.70. The number of rotatable bonds is 4. The van der Waals surface area contributed by atoms with Crippen LogP contribution in [-0.4, -0.2) is 4.92 Å². The van der Waals surface area contributed by atoms with Crippen molar-refractivity contribution in [3.05, 3.63) is 81.9 Å². The Bertz CT molecular complexity index is 664. The summed E-state index contributed by atoms with van der Waals surface area (Å²) in [5.41, 5.74) is 8.44. The number of nitro benzene ring substituents is 1. The summed E-state index contributed by atoms with van der Waals surface area (Å²) in [6, 6.07) is 14.0. The van der Waals surface area contributed by atoms with Crippen molar-refractivity contribution in [3.8, 4) is 0 Å².